The van der Waals surface area contributed by atoms with Gasteiger partial charge >= 0.3 is 10.2 Å². The third kappa shape index (κ3) is 3.47. The largest absolute Gasteiger partial charge is 0.492 e. The van der Waals surface area contributed by atoms with Gasteiger partial charge in [-0.2, -0.15) is 8.42 Å². The van der Waals surface area contributed by atoms with E-state index in [4.69, 9.17) is 4.74 Å². The van der Waals surface area contributed by atoms with Crippen molar-refractivity contribution >= 4 is 21.8 Å². The van der Waals surface area contributed by atoms with E-state index in [0.29, 0.717) is 18.0 Å². The van der Waals surface area contributed by atoms with Crippen LogP contribution >= 0.6 is 0 Å². The molecule has 20 heavy (non-hydrogen) atoms. The van der Waals surface area contributed by atoms with E-state index in [2.05, 4.69) is 0 Å². The van der Waals surface area contributed by atoms with E-state index in [1.165, 1.54) is 4.90 Å². The second kappa shape index (κ2) is 5.78. The number of nitrogens with zero attached hydrogens (tertiary/aromatic N) is 1. The van der Waals surface area contributed by atoms with E-state index >= 15 is 0 Å². The van der Waals surface area contributed by atoms with Gasteiger partial charge in [-0.3, -0.25) is 4.79 Å². The zero-order valence-electron chi connectivity index (χ0n) is 11.1. The van der Waals surface area contributed by atoms with Crippen LogP contribution in [0.2, 0.25) is 0 Å². The summed E-state index contributed by atoms with van der Waals surface area (Å²) in [5, 5.41) is 0. The molecule has 1 aromatic rings. The zero-order valence-corrected chi connectivity index (χ0v) is 11.9. The molecule has 1 aliphatic rings. The molecule has 0 radical (unpaired) electrons. The molecule has 1 heterocycles. The van der Waals surface area contributed by atoms with Gasteiger partial charge < -0.3 is 9.64 Å². The summed E-state index contributed by atoms with van der Waals surface area (Å²) < 4.78 is 39.5. The van der Waals surface area contributed by atoms with Crippen LogP contribution in [0.5, 0.6) is 5.75 Å². The highest BCUT2D eigenvalue weighted by atomic mass is 32.3. The lowest BCUT2D eigenvalue weighted by atomic mass is 10.1. The second-order valence-corrected chi connectivity index (χ2v) is 6.09. The van der Waals surface area contributed by atoms with Crippen molar-refractivity contribution in [3.63, 3.8) is 0 Å². The fraction of sp³-hybridized carbons (Fsp3) is 0.462. The Morgan fingerprint density at radius 3 is 2.75 bits per heavy atom. The lowest BCUT2D eigenvalue weighted by molar-refractivity contribution is -0.117. The Morgan fingerprint density at radius 1 is 1.40 bits per heavy atom. The van der Waals surface area contributed by atoms with Crippen molar-refractivity contribution in [2.24, 2.45) is 5.92 Å². The number of para-hydroxylation sites is 2. The number of benzene rings is 1. The maximum absolute atomic E-state index is 12.7. The van der Waals surface area contributed by atoms with Crippen LogP contribution in [0.4, 0.5) is 9.57 Å². The molecule has 0 aliphatic carbocycles. The average molecular weight is 301 g/mol. The highest BCUT2D eigenvalue weighted by Gasteiger charge is 2.34. The summed E-state index contributed by atoms with van der Waals surface area (Å²) >= 11 is 0. The average Bonchev–Trinajstić information content (AvgIpc) is 2.69. The molecule has 0 N–H and O–H groups in total. The summed E-state index contributed by atoms with van der Waals surface area (Å²) in [7, 11) is -4.57. The molecule has 1 unspecified atom stereocenters. The van der Waals surface area contributed by atoms with E-state index in [-0.39, 0.29) is 18.9 Å². The van der Waals surface area contributed by atoms with Gasteiger partial charge in [-0.05, 0) is 19.1 Å². The van der Waals surface area contributed by atoms with Gasteiger partial charge in [0, 0.05) is 18.9 Å². The van der Waals surface area contributed by atoms with Crippen LogP contribution < -0.4 is 9.64 Å². The van der Waals surface area contributed by atoms with E-state index in [1.54, 1.807) is 24.3 Å². The van der Waals surface area contributed by atoms with E-state index in [0.717, 1.165) is 0 Å². The number of hydrogen-bond donors (Lipinski definition) is 0. The van der Waals surface area contributed by atoms with Gasteiger partial charge in [-0.15, -0.1) is 3.89 Å². The van der Waals surface area contributed by atoms with Crippen LogP contribution in [0.25, 0.3) is 0 Å². The standard InChI is InChI=1S/C13H16FNO4S/c1-2-19-12-6-4-3-5-11(12)15-8-10(7-13(15)16)9-20(14,17)18/h3-6,10H,2,7-9H2,1H3. The highest BCUT2D eigenvalue weighted by Crippen LogP contribution is 2.33. The Labute approximate surface area is 117 Å². The molecule has 1 saturated heterocycles. The minimum Gasteiger partial charge on any atom is -0.492 e. The number of hydrogen-bond acceptors (Lipinski definition) is 4. The SMILES string of the molecule is CCOc1ccccc1N1CC(CS(=O)(=O)F)CC1=O. The van der Waals surface area contributed by atoms with Crippen molar-refractivity contribution in [2.75, 3.05) is 23.8 Å². The summed E-state index contributed by atoms with van der Waals surface area (Å²) in [6, 6.07) is 7.03. The lowest BCUT2D eigenvalue weighted by Gasteiger charge is -2.19. The zero-order chi connectivity index (χ0) is 14.8. The van der Waals surface area contributed by atoms with Crippen molar-refractivity contribution in [2.45, 2.75) is 13.3 Å². The summed E-state index contributed by atoms with van der Waals surface area (Å²) in [4.78, 5) is 13.4. The van der Waals surface area contributed by atoms with E-state index in [1.807, 2.05) is 6.92 Å². The first kappa shape index (κ1) is 14.8. The predicted molar refractivity (Wildman–Crippen MR) is 73.0 cm³/mol. The van der Waals surface area contributed by atoms with Crippen LogP contribution in [0.1, 0.15) is 13.3 Å². The van der Waals surface area contributed by atoms with E-state index in [9.17, 15) is 17.1 Å². The van der Waals surface area contributed by atoms with Gasteiger partial charge in [0.15, 0.2) is 0 Å². The smallest absolute Gasteiger partial charge is 0.302 e. The molecule has 110 valence electrons. The monoisotopic (exact) mass is 301 g/mol. The Balaban J connectivity index is 2.20. The fourth-order valence-corrected chi connectivity index (χ4v) is 3.15. The van der Waals surface area contributed by atoms with Gasteiger partial charge in [0.05, 0.1) is 18.0 Å². The second-order valence-electron chi connectivity index (χ2n) is 4.68. The topological polar surface area (TPSA) is 63.7 Å². The van der Waals surface area contributed by atoms with Crippen molar-refractivity contribution in [3.05, 3.63) is 24.3 Å². The van der Waals surface area contributed by atoms with E-state index < -0.39 is 21.9 Å². The van der Waals surface area contributed by atoms with Gasteiger partial charge in [-0.25, -0.2) is 0 Å². The normalized spacial score (nSPS) is 19.4. The van der Waals surface area contributed by atoms with Crippen LogP contribution in [0.3, 0.4) is 0 Å². The molecule has 2 rings (SSSR count). The van der Waals surface area contributed by atoms with Gasteiger partial charge in [0.25, 0.3) is 0 Å². The number of anilines is 1. The molecule has 0 spiro atoms. The molecule has 1 aliphatic heterocycles. The van der Waals surface area contributed by atoms with Crippen molar-refractivity contribution in [1.82, 2.24) is 0 Å². The third-order valence-electron chi connectivity index (χ3n) is 3.10. The highest BCUT2D eigenvalue weighted by molar-refractivity contribution is 7.86. The first-order valence-electron chi connectivity index (χ1n) is 6.35. The summed E-state index contributed by atoms with van der Waals surface area (Å²) in [5.41, 5.74) is 0.595. The summed E-state index contributed by atoms with van der Waals surface area (Å²) in [5.74, 6) is -0.795. The first-order valence-corrected chi connectivity index (χ1v) is 7.90. The van der Waals surface area contributed by atoms with Crippen LogP contribution in [-0.2, 0) is 15.0 Å². The predicted octanol–water partition coefficient (Wildman–Crippen LogP) is 1.74. The lowest BCUT2D eigenvalue weighted by Crippen LogP contribution is -2.26. The molecule has 0 saturated carbocycles. The molecule has 1 amide bonds. The number of rotatable bonds is 5. The van der Waals surface area contributed by atoms with Gasteiger partial charge in [-0.1, -0.05) is 12.1 Å². The molecule has 7 heteroatoms. The first-order chi connectivity index (χ1) is 9.40. The van der Waals surface area contributed by atoms with Crippen molar-refractivity contribution in [1.29, 1.82) is 0 Å². The molecular weight excluding hydrogens is 285 g/mol. The quantitative estimate of drug-likeness (QED) is 0.777. The molecule has 1 fully saturated rings. The molecule has 0 aromatic heterocycles. The minimum absolute atomic E-state index is 0.0314. The van der Waals surface area contributed by atoms with Crippen LogP contribution in [0, 0.1) is 5.92 Å². The van der Waals surface area contributed by atoms with Crippen molar-refractivity contribution in [3.8, 4) is 5.75 Å². The Hall–Kier alpha value is -1.63. The number of amides is 1. The number of carbonyl (C=O) groups excluding carboxylic acids is 1. The molecule has 1 aromatic carbocycles. The molecule has 5 nitrogen and oxygen atoms in total. The van der Waals surface area contributed by atoms with Gasteiger partial charge in [0.1, 0.15) is 5.75 Å². The maximum atomic E-state index is 12.7. The fourth-order valence-electron chi connectivity index (χ4n) is 2.37. The van der Waals surface area contributed by atoms with Crippen LogP contribution in [0.15, 0.2) is 24.3 Å². The number of halogens is 1. The number of ether oxygens (including phenoxy) is 1. The Bertz CT molecular complexity index is 602. The van der Waals surface area contributed by atoms with Crippen LogP contribution in [-0.4, -0.2) is 33.2 Å². The van der Waals surface area contributed by atoms with Crippen molar-refractivity contribution < 1.29 is 21.8 Å². The number of carbonyl (C=O) groups is 1. The Kier molecular flexibility index (Phi) is 4.27. The third-order valence-corrected chi connectivity index (χ3v) is 3.97. The Morgan fingerprint density at radius 2 is 2.10 bits per heavy atom. The summed E-state index contributed by atoms with van der Waals surface area (Å²) in [6.07, 6.45) is 0.0314. The van der Waals surface area contributed by atoms with Gasteiger partial charge in [0.2, 0.25) is 5.91 Å². The molecular formula is C13H16FNO4S. The maximum Gasteiger partial charge on any atom is 0.302 e. The minimum atomic E-state index is -4.57. The molecule has 1 atom stereocenters. The summed E-state index contributed by atoms with van der Waals surface area (Å²) in [6.45, 7) is 2.48. The molecule has 0 bridgehead atoms.